The first kappa shape index (κ1) is 22.8. The predicted molar refractivity (Wildman–Crippen MR) is 119 cm³/mol. The summed E-state index contributed by atoms with van der Waals surface area (Å²) in [5.41, 5.74) is 7.45. The van der Waals surface area contributed by atoms with Crippen molar-refractivity contribution in [3.63, 3.8) is 0 Å². The van der Waals surface area contributed by atoms with Gasteiger partial charge in [0, 0.05) is 38.9 Å². The number of amides is 1. The van der Waals surface area contributed by atoms with Crippen molar-refractivity contribution in [3.05, 3.63) is 23.4 Å². The maximum atomic E-state index is 13.3. The molecule has 11 heteroatoms. The van der Waals surface area contributed by atoms with E-state index in [-0.39, 0.29) is 11.3 Å². The van der Waals surface area contributed by atoms with Gasteiger partial charge in [0.15, 0.2) is 6.17 Å². The number of carbonyl (C=O) groups excluding carboxylic acids is 1. The van der Waals surface area contributed by atoms with E-state index in [1.165, 1.54) is 0 Å². The Morgan fingerprint density at radius 1 is 1.37 bits per heavy atom. The minimum atomic E-state index is -1.19. The van der Waals surface area contributed by atoms with E-state index in [1.54, 1.807) is 12.4 Å². The summed E-state index contributed by atoms with van der Waals surface area (Å²) >= 11 is 6.20. The van der Waals surface area contributed by atoms with Gasteiger partial charge >= 0.3 is 0 Å². The Morgan fingerprint density at radius 3 is 2.90 bits per heavy atom. The lowest BCUT2D eigenvalue weighted by atomic mass is 9.98. The summed E-state index contributed by atoms with van der Waals surface area (Å²) in [5, 5.41) is 9.03. The smallest absolute Gasteiger partial charge is 0.234 e. The molecule has 10 nitrogen and oxygen atoms in total. The van der Waals surface area contributed by atoms with Gasteiger partial charge in [0.05, 0.1) is 29.1 Å². The maximum absolute atomic E-state index is 13.3. The van der Waals surface area contributed by atoms with Crippen molar-refractivity contribution in [3.8, 4) is 0 Å². The van der Waals surface area contributed by atoms with Crippen LogP contribution < -0.4 is 21.3 Å². The Kier molecular flexibility index (Phi) is 7.95. The fraction of sp³-hybridized carbons (Fsp3) is 0.684. The van der Waals surface area contributed by atoms with Gasteiger partial charge in [-0.1, -0.05) is 5.18 Å². The number of nitrogens with zero attached hydrogens (tertiary/aromatic N) is 5. The molecule has 0 spiro atoms. The number of nitrogens with two attached hydrogens (primary N) is 1. The number of halogens is 1. The van der Waals surface area contributed by atoms with Crippen LogP contribution in [0.25, 0.3) is 0 Å². The van der Waals surface area contributed by atoms with Crippen molar-refractivity contribution in [1.82, 2.24) is 20.1 Å². The number of rotatable bonds is 6. The number of likely N-dealkylation sites (N-methyl/N-ethyl adjacent to an activating group) is 1. The fourth-order valence-electron chi connectivity index (χ4n) is 4.11. The van der Waals surface area contributed by atoms with Gasteiger partial charge in [-0.3, -0.25) is 20.0 Å². The Labute approximate surface area is 182 Å². The standard InChI is InChI=1S/C19H31ClN8O2/c1-26-6-3-7-28(9-8-26)15-4-5-22-11-14(15)24-19(29)16(17(21)25-30)18-23-10-13(20)12-27(18)2/h4-5,11,13,16-18,23H,3,6-10,12,21H2,1-2H3,(H,24,29). The molecule has 2 aliphatic rings. The molecule has 0 saturated carbocycles. The summed E-state index contributed by atoms with van der Waals surface area (Å²) in [6.45, 7) is 4.81. The highest BCUT2D eigenvalue weighted by molar-refractivity contribution is 6.21. The quantitative estimate of drug-likeness (QED) is 0.428. The van der Waals surface area contributed by atoms with E-state index < -0.39 is 18.2 Å². The minimum absolute atomic E-state index is 0.0820. The lowest BCUT2D eigenvalue weighted by Crippen LogP contribution is -2.62. The molecule has 2 saturated heterocycles. The van der Waals surface area contributed by atoms with E-state index >= 15 is 0 Å². The van der Waals surface area contributed by atoms with Crippen molar-refractivity contribution in [2.75, 3.05) is 63.6 Å². The summed E-state index contributed by atoms with van der Waals surface area (Å²) in [5.74, 6) is -1.25. The van der Waals surface area contributed by atoms with Crippen molar-refractivity contribution >= 4 is 28.9 Å². The van der Waals surface area contributed by atoms with Crippen LogP contribution in [-0.2, 0) is 4.79 Å². The van der Waals surface area contributed by atoms with E-state index in [0.29, 0.717) is 18.8 Å². The van der Waals surface area contributed by atoms with Crippen LogP contribution >= 0.6 is 11.6 Å². The SMILES string of the molecule is CN1CCCN(c2ccncc2NC(=O)C(C(N)N=O)C2NCC(Cl)CN2C)CC1. The molecule has 1 aromatic heterocycles. The van der Waals surface area contributed by atoms with Crippen LogP contribution in [0.2, 0.25) is 0 Å². The first-order chi connectivity index (χ1) is 14.4. The Bertz CT molecular complexity index is 738. The van der Waals surface area contributed by atoms with Gasteiger partial charge in [-0.15, -0.1) is 16.5 Å². The third kappa shape index (κ3) is 5.44. The molecular formula is C19H31ClN8O2. The van der Waals surface area contributed by atoms with E-state index in [2.05, 4.69) is 37.6 Å². The van der Waals surface area contributed by atoms with E-state index in [1.807, 2.05) is 18.0 Å². The number of nitrogens with one attached hydrogen (secondary N) is 2. The van der Waals surface area contributed by atoms with Crippen LogP contribution in [-0.4, -0.2) is 91.8 Å². The van der Waals surface area contributed by atoms with Gasteiger partial charge in [-0.25, -0.2) is 0 Å². The van der Waals surface area contributed by atoms with Gasteiger partial charge in [0.1, 0.15) is 5.92 Å². The highest BCUT2D eigenvalue weighted by Gasteiger charge is 2.40. The minimum Gasteiger partial charge on any atom is -0.368 e. The van der Waals surface area contributed by atoms with Crippen molar-refractivity contribution < 1.29 is 4.79 Å². The topological polar surface area (TPSA) is 119 Å². The normalized spacial score (nSPS) is 25.9. The lowest BCUT2D eigenvalue weighted by molar-refractivity contribution is -0.123. The molecule has 1 aromatic rings. The number of carbonyl (C=O) groups is 1. The van der Waals surface area contributed by atoms with Crippen LogP contribution in [0.15, 0.2) is 23.6 Å². The third-order valence-corrected chi connectivity index (χ3v) is 6.05. The van der Waals surface area contributed by atoms with Crippen molar-refractivity contribution in [1.29, 1.82) is 0 Å². The molecule has 0 radical (unpaired) electrons. The summed E-state index contributed by atoms with van der Waals surface area (Å²) < 4.78 is 0. The van der Waals surface area contributed by atoms with Gasteiger partial charge in [-0.05, 0) is 33.1 Å². The zero-order chi connectivity index (χ0) is 21.7. The van der Waals surface area contributed by atoms with Crippen LogP contribution in [0.1, 0.15) is 6.42 Å². The van der Waals surface area contributed by atoms with Gasteiger partial charge < -0.3 is 20.9 Å². The van der Waals surface area contributed by atoms with Gasteiger partial charge in [0.2, 0.25) is 5.91 Å². The average Bonchev–Trinajstić information content (AvgIpc) is 2.94. The van der Waals surface area contributed by atoms with Crippen LogP contribution in [0.3, 0.4) is 0 Å². The van der Waals surface area contributed by atoms with E-state index in [0.717, 1.165) is 38.3 Å². The molecule has 30 heavy (non-hydrogen) atoms. The molecule has 2 fully saturated rings. The molecule has 3 rings (SSSR count). The second-order valence-electron chi connectivity index (χ2n) is 8.04. The first-order valence-electron chi connectivity index (χ1n) is 10.2. The van der Waals surface area contributed by atoms with E-state index in [4.69, 9.17) is 17.3 Å². The second-order valence-corrected chi connectivity index (χ2v) is 8.65. The molecule has 0 aromatic carbocycles. The molecular weight excluding hydrogens is 408 g/mol. The molecule has 4 atom stereocenters. The molecule has 1 amide bonds. The van der Waals surface area contributed by atoms with Gasteiger partial charge in [-0.2, -0.15) is 0 Å². The van der Waals surface area contributed by atoms with Crippen LogP contribution in [0.5, 0.6) is 0 Å². The number of aromatic nitrogens is 1. The first-order valence-corrected chi connectivity index (χ1v) is 10.7. The monoisotopic (exact) mass is 438 g/mol. The molecule has 166 valence electrons. The predicted octanol–water partition coefficient (Wildman–Crippen LogP) is 0.298. The van der Waals surface area contributed by atoms with E-state index in [9.17, 15) is 9.70 Å². The maximum Gasteiger partial charge on any atom is 0.234 e. The molecule has 0 aliphatic carbocycles. The van der Waals surface area contributed by atoms with Crippen LogP contribution in [0, 0.1) is 10.8 Å². The molecule has 0 bridgehead atoms. The Morgan fingerprint density at radius 2 is 2.17 bits per heavy atom. The second kappa shape index (κ2) is 10.5. The average molecular weight is 439 g/mol. The summed E-state index contributed by atoms with van der Waals surface area (Å²) in [7, 11) is 3.95. The number of hydrogen-bond acceptors (Lipinski definition) is 9. The zero-order valence-electron chi connectivity index (χ0n) is 17.5. The summed E-state index contributed by atoms with van der Waals surface area (Å²) in [4.78, 5) is 35.1. The Hall–Kier alpha value is -1.85. The van der Waals surface area contributed by atoms with Gasteiger partial charge in [0.25, 0.3) is 0 Å². The number of nitroso groups, excluding NO2 is 1. The largest absolute Gasteiger partial charge is 0.368 e. The highest BCUT2D eigenvalue weighted by atomic mass is 35.5. The van der Waals surface area contributed by atoms with Crippen LogP contribution in [0.4, 0.5) is 11.4 Å². The number of hydrogen-bond donors (Lipinski definition) is 3. The molecule has 4 unspecified atom stereocenters. The number of pyridine rings is 1. The number of anilines is 2. The number of alkyl halides is 1. The lowest BCUT2D eigenvalue weighted by Gasteiger charge is -2.40. The highest BCUT2D eigenvalue weighted by Crippen LogP contribution is 2.27. The summed E-state index contributed by atoms with van der Waals surface area (Å²) in [6, 6.07) is 1.90. The zero-order valence-corrected chi connectivity index (χ0v) is 18.3. The summed E-state index contributed by atoms with van der Waals surface area (Å²) in [6.07, 6.45) is 2.74. The molecule has 4 N–H and O–H groups in total. The Balaban J connectivity index is 1.80. The van der Waals surface area contributed by atoms with Crippen molar-refractivity contribution in [2.45, 2.75) is 24.1 Å². The molecule has 2 aliphatic heterocycles. The van der Waals surface area contributed by atoms with Crippen molar-refractivity contribution in [2.24, 2.45) is 16.8 Å². The fourth-order valence-corrected chi connectivity index (χ4v) is 4.42. The third-order valence-electron chi connectivity index (χ3n) is 5.76. The molecule has 3 heterocycles.